The number of hydrogen-bond acceptors (Lipinski definition) is 4. The second kappa shape index (κ2) is 11.9. The molecule has 0 spiro atoms. The first-order valence-electron chi connectivity index (χ1n) is 11.2. The van der Waals surface area contributed by atoms with E-state index in [1.165, 1.54) is 0 Å². The van der Waals surface area contributed by atoms with Gasteiger partial charge in [-0.1, -0.05) is 12.1 Å². The largest absolute Gasteiger partial charge is 0.382 e. The van der Waals surface area contributed by atoms with Crippen molar-refractivity contribution in [2.45, 2.75) is 39.2 Å². The number of ether oxygens (including phenoxy) is 2. The zero-order valence-corrected chi connectivity index (χ0v) is 18.4. The molecule has 1 unspecified atom stereocenters. The molecule has 0 aliphatic carbocycles. The predicted molar refractivity (Wildman–Crippen MR) is 120 cm³/mol. The smallest absolute Gasteiger partial charge is 0.226 e. The number of carbonyl (C=O) groups is 1. The third-order valence-electron chi connectivity index (χ3n) is 5.69. The molecule has 2 aliphatic rings. The number of anilines is 1. The van der Waals surface area contributed by atoms with E-state index in [0.717, 1.165) is 69.3 Å². The molecule has 7 nitrogen and oxygen atoms in total. The number of methoxy groups -OCH3 is 1. The van der Waals surface area contributed by atoms with Crippen LogP contribution in [0.25, 0.3) is 0 Å². The highest BCUT2D eigenvalue weighted by Gasteiger charge is 2.25. The Hall–Kier alpha value is -2.12. The van der Waals surface area contributed by atoms with Crippen molar-refractivity contribution in [3.63, 3.8) is 0 Å². The number of nitrogens with one attached hydrogen (secondary N) is 1. The zero-order chi connectivity index (χ0) is 21.2. The third kappa shape index (κ3) is 6.44. The molecule has 1 atom stereocenters. The van der Waals surface area contributed by atoms with Crippen LogP contribution in [0.4, 0.5) is 5.69 Å². The molecule has 3 rings (SSSR count). The fourth-order valence-electron chi connectivity index (χ4n) is 4.01. The maximum atomic E-state index is 12.1. The first kappa shape index (κ1) is 22.6. The van der Waals surface area contributed by atoms with Crippen molar-refractivity contribution >= 4 is 17.6 Å². The minimum Gasteiger partial charge on any atom is -0.382 e. The summed E-state index contributed by atoms with van der Waals surface area (Å²) in [6.45, 7) is 8.44. The van der Waals surface area contributed by atoms with Gasteiger partial charge in [0.2, 0.25) is 5.91 Å². The summed E-state index contributed by atoms with van der Waals surface area (Å²) < 4.78 is 10.7. The van der Waals surface area contributed by atoms with Crippen LogP contribution in [-0.4, -0.2) is 69.9 Å². The van der Waals surface area contributed by atoms with Crippen LogP contribution in [-0.2, 0) is 20.8 Å². The number of guanidine groups is 1. The molecular formula is C23H36N4O3. The number of carbonyl (C=O) groups excluding carboxylic acids is 1. The summed E-state index contributed by atoms with van der Waals surface area (Å²) in [4.78, 5) is 21.2. The van der Waals surface area contributed by atoms with Crippen molar-refractivity contribution in [1.29, 1.82) is 0 Å². The van der Waals surface area contributed by atoms with E-state index >= 15 is 0 Å². The van der Waals surface area contributed by atoms with Gasteiger partial charge >= 0.3 is 0 Å². The molecule has 1 amide bonds. The number of benzene rings is 1. The summed E-state index contributed by atoms with van der Waals surface area (Å²) >= 11 is 0. The Morgan fingerprint density at radius 2 is 2.03 bits per heavy atom. The van der Waals surface area contributed by atoms with Gasteiger partial charge in [0, 0.05) is 51.3 Å². The van der Waals surface area contributed by atoms with Crippen molar-refractivity contribution in [3.05, 3.63) is 29.8 Å². The van der Waals surface area contributed by atoms with Gasteiger partial charge in [0.15, 0.2) is 5.96 Å². The lowest BCUT2D eigenvalue weighted by Crippen LogP contribution is -2.40. The van der Waals surface area contributed by atoms with Gasteiger partial charge in [-0.05, 0) is 43.9 Å². The topological polar surface area (TPSA) is 66.4 Å². The van der Waals surface area contributed by atoms with Crippen LogP contribution < -0.4 is 10.2 Å². The molecule has 166 valence electrons. The fraction of sp³-hybridized carbons (Fsp3) is 0.652. The Bertz CT molecular complexity index is 692. The van der Waals surface area contributed by atoms with Crippen LogP contribution in [0.1, 0.15) is 38.2 Å². The predicted octanol–water partition coefficient (Wildman–Crippen LogP) is 2.65. The minimum absolute atomic E-state index is 0.233. The molecule has 2 fully saturated rings. The number of hydrogen-bond donors (Lipinski definition) is 1. The molecular weight excluding hydrogens is 380 g/mol. The van der Waals surface area contributed by atoms with Gasteiger partial charge in [-0.15, -0.1) is 0 Å². The monoisotopic (exact) mass is 416 g/mol. The molecule has 0 aromatic heterocycles. The summed E-state index contributed by atoms with van der Waals surface area (Å²) in [5.74, 6) is 1.73. The van der Waals surface area contributed by atoms with Crippen molar-refractivity contribution in [2.75, 3.05) is 58.0 Å². The zero-order valence-electron chi connectivity index (χ0n) is 18.4. The maximum absolute atomic E-state index is 12.1. The first-order valence-corrected chi connectivity index (χ1v) is 11.2. The average Bonchev–Trinajstić information content (AvgIpc) is 3.24. The number of rotatable bonds is 9. The highest BCUT2D eigenvalue weighted by molar-refractivity contribution is 5.93. The van der Waals surface area contributed by atoms with Gasteiger partial charge in [-0.3, -0.25) is 4.79 Å². The highest BCUT2D eigenvalue weighted by Crippen LogP contribution is 2.22. The lowest BCUT2D eigenvalue weighted by atomic mass is 10.1. The van der Waals surface area contributed by atoms with Crippen LogP contribution in [0.15, 0.2) is 29.3 Å². The quantitative estimate of drug-likeness (QED) is 0.381. The van der Waals surface area contributed by atoms with E-state index < -0.39 is 0 Å². The van der Waals surface area contributed by atoms with Crippen LogP contribution in [0.2, 0.25) is 0 Å². The van der Waals surface area contributed by atoms with E-state index in [9.17, 15) is 4.79 Å². The van der Waals surface area contributed by atoms with E-state index in [-0.39, 0.29) is 5.91 Å². The van der Waals surface area contributed by atoms with Crippen LogP contribution in [0, 0.1) is 5.92 Å². The Labute approximate surface area is 180 Å². The minimum atomic E-state index is 0.233. The average molecular weight is 417 g/mol. The van der Waals surface area contributed by atoms with Gasteiger partial charge in [-0.25, -0.2) is 4.99 Å². The summed E-state index contributed by atoms with van der Waals surface area (Å²) in [6, 6.07) is 8.26. The maximum Gasteiger partial charge on any atom is 0.226 e. The molecule has 0 radical (unpaired) electrons. The first-order chi connectivity index (χ1) is 14.7. The Balaban J connectivity index is 1.53. The number of likely N-dealkylation sites (tertiary alicyclic amines) is 1. The molecule has 2 saturated heterocycles. The van der Waals surface area contributed by atoms with E-state index in [1.807, 2.05) is 17.0 Å². The SMILES string of the molecule is CCNC(=NCc1ccc(N2CCCCC2=O)cc1)N1CCC(COCCOC)C1. The molecule has 1 N–H and O–H groups in total. The Morgan fingerprint density at radius 3 is 2.77 bits per heavy atom. The van der Waals surface area contributed by atoms with Gasteiger partial charge in [0.05, 0.1) is 26.4 Å². The summed E-state index contributed by atoms with van der Waals surface area (Å²) in [6.07, 6.45) is 3.87. The summed E-state index contributed by atoms with van der Waals surface area (Å²) in [7, 11) is 1.69. The van der Waals surface area contributed by atoms with E-state index in [0.29, 0.717) is 32.1 Å². The molecule has 1 aromatic carbocycles. The van der Waals surface area contributed by atoms with E-state index in [4.69, 9.17) is 14.5 Å². The second-order valence-corrected chi connectivity index (χ2v) is 8.01. The normalized spacial score (nSPS) is 20.1. The molecule has 2 heterocycles. The van der Waals surface area contributed by atoms with Gasteiger partial charge in [0.1, 0.15) is 0 Å². The molecule has 2 aliphatic heterocycles. The second-order valence-electron chi connectivity index (χ2n) is 8.01. The lowest BCUT2D eigenvalue weighted by Gasteiger charge is -2.26. The van der Waals surface area contributed by atoms with Crippen molar-refractivity contribution < 1.29 is 14.3 Å². The van der Waals surface area contributed by atoms with Crippen LogP contribution >= 0.6 is 0 Å². The molecule has 0 saturated carbocycles. The lowest BCUT2D eigenvalue weighted by molar-refractivity contribution is -0.119. The number of aliphatic imine (C=N–C) groups is 1. The summed E-state index contributed by atoms with van der Waals surface area (Å²) in [5.41, 5.74) is 2.15. The number of amides is 1. The van der Waals surface area contributed by atoms with E-state index in [1.54, 1.807) is 7.11 Å². The summed E-state index contributed by atoms with van der Waals surface area (Å²) in [5, 5.41) is 3.42. The molecule has 30 heavy (non-hydrogen) atoms. The number of piperidine rings is 1. The Morgan fingerprint density at radius 1 is 1.20 bits per heavy atom. The number of nitrogens with zero attached hydrogens (tertiary/aromatic N) is 3. The van der Waals surface area contributed by atoms with Crippen LogP contribution in [0.5, 0.6) is 0 Å². The van der Waals surface area contributed by atoms with Crippen molar-refractivity contribution in [3.8, 4) is 0 Å². The van der Waals surface area contributed by atoms with Crippen molar-refractivity contribution in [2.24, 2.45) is 10.9 Å². The standard InChI is InChI=1S/C23H36N4O3/c1-3-24-23(26-13-11-20(17-26)18-30-15-14-29-2)25-16-19-7-9-21(10-8-19)27-12-5-4-6-22(27)28/h7-10,20H,3-6,11-18H2,1-2H3,(H,24,25). The van der Waals surface area contributed by atoms with Gasteiger partial charge < -0.3 is 24.6 Å². The van der Waals surface area contributed by atoms with Gasteiger partial charge in [-0.2, -0.15) is 0 Å². The molecule has 0 bridgehead atoms. The Kier molecular flexibility index (Phi) is 8.96. The van der Waals surface area contributed by atoms with Crippen molar-refractivity contribution in [1.82, 2.24) is 10.2 Å². The van der Waals surface area contributed by atoms with Gasteiger partial charge in [0.25, 0.3) is 0 Å². The molecule has 7 heteroatoms. The third-order valence-corrected chi connectivity index (χ3v) is 5.69. The van der Waals surface area contributed by atoms with E-state index in [2.05, 4.69) is 29.3 Å². The fourth-order valence-corrected chi connectivity index (χ4v) is 4.01. The highest BCUT2D eigenvalue weighted by atomic mass is 16.5. The van der Waals surface area contributed by atoms with Crippen LogP contribution in [0.3, 0.4) is 0 Å². The molecule has 1 aromatic rings.